The lowest BCUT2D eigenvalue weighted by molar-refractivity contribution is 0.153. The summed E-state index contributed by atoms with van der Waals surface area (Å²) in [6, 6.07) is 6.24. The molecule has 2 heterocycles. The van der Waals surface area contributed by atoms with E-state index in [0.717, 1.165) is 31.4 Å². The standard InChI is InChI=1S/C22H38N4O/c1-23-11-15-25(16-12-23)9-3-5-20-7-8-22(27)21(19-20)6-4-10-26-17-13-24(2)14-18-26/h7-8,19,27H,3-6,9-18H2,1-2H3. The molecule has 0 saturated carbocycles. The van der Waals surface area contributed by atoms with Crippen LogP contribution < -0.4 is 0 Å². The fourth-order valence-corrected chi connectivity index (χ4v) is 4.14. The molecule has 0 amide bonds. The van der Waals surface area contributed by atoms with Crippen LogP contribution in [0.5, 0.6) is 5.75 Å². The minimum atomic E-state index is 0.469. The second kappa shape index (κ2) is 10.4. The molecule has 2 aliphatic rings. The third-order valence-electron chi connectivity index (χ3n) is 6.20. The zero-order valence-corrected chi connectivity index (χ0v) is 17.4. The van der Waals surface area contributed by atoms with E-state index < -0.39 is 0 Å². The Morgan fingerprint density at radius 3 is 1.81 bits per heavy atom. The van der Waals surface area contributed by atoms with Gasteiger partial charge in [-0.15, -0.1) is 0 Å². The molecule has 2 aliphatic heterocycles. The zero-order chi connectivity index (χ0) is 19.1. The maximum atomic E-state index is 10.2. The quantitative estimate of drug-likeness (QED) is 0.750. The van der Waals surface area contributed by atoms with Crippen LogP contribution in [0.25, 0.3) is 0 Å². The van der Waals surface area contributed by atoms with E-state index in [1.54, 1.807) is 0 Å². The number of phenolic OH excluding ortho intramolecular Hbond substituents is 1. The van der Waals surface area contributed by atoms with Gasteiger partial charge in [0.2, 0.25) is 0 Å². The fraction of sp³-hybridized carbons (Fsp3) is 0.727. The molecule has 0 atom stereocenters. The van der Waals surface area contributed by atoms with Crippen LogP contribution in [0.4, 0.5) is 0 Å². The molecule has 152 valence electrons. The van der Waals surface area contributed by atoms with Crippen molar-refractivity contribution < 1.29 is 5.11 Å². The molecule has 1 aromatic carbocycles. The number of aromatic hydroxyl groups is 1. The Morgan fingerprint density at radius 1 is 0.741 bits per heavy atom. The summed E-state index contributed by atoms with van der Waals surface area (Å²) in [7, 11) is 4.41. The third kappa shape index (κ3) is 6.75. The highest BCUT2D eigenvalue weighted by Gasteiger charge is 2.14. The molecule has 27 heavy (non-hydrogen) atoms. The van der Waals surface area contributed by atoms with Gasteiger partial charge in [0.05, 0.1) is 0 Å². The summed E-state index contributed by atoms with van der Waals surface area (Å²) < 4.78 is 0. The van der Waals surface area contributed by atoms with Gasteiger partial charge in [-0.25, -0.2) is 0 Å². The number of piperazine rings is 2. The van der Waals surface area contributed by atoms with Gasteiger partial charge in [0.15, 0.2) is 0 Å². The molecule has 2 fully saturated rings. The van der Waals surface area contributed by atoms with E-state index >= 15 is 0 Å². The van der Waals surface area contributed by atoms with Gasteiger partial charge in [-0.05, 0) is 70.1 Å². The van der Waals surface area contributed by atoms with Gasteiger partial charge in [0, 0.05) is 52.4 Å². The predicted octanol–water partition coefficient (Wildman–Crippen LogP) is 1.75. The number of rotatable bonds is 8. The number of hydrogen-bond acceptors (Lipinski definition) is 5. The van der Waals surface area contributed by atoms with Crippen molar-refractivity contribution in [3.63, 3.8) is 0 Å². The first-order valence-corrected chi connectivity index (χ1v) is 10.7. The van der Waals surface area contributed by atoms with Crippen molar-refractivity contribution in [3.05, 3.63) is 29.3 Å². The molecular weight excluding hydrogens is 336 g/mol. The van der Waals surface area contributed by atoms with Gasteiger partial charge in [0.25, 0.3) is 0 Å². The van der Waals surface area contributed by atoms with E-state index in [0.29, 0.717) is 5.75 Å². The van der Waals surface area contributed by atoms with E-state index in [9.17, 15) is 5.11 Å². The van der Waals surface area contributed by atoms with Crippen molar-refractivity contribution in [1.29, 1.82) is 0 Å². The molecule has 1 N–H and O–H groups in total. The van der Waals surface area contributed by atoms with Gasteiger partial charge in [0.1, 0.15) is 5.75 Å². The normalized spacial score (nSPS) is 21.0. The maximum Gasteiger partial charge on any atom is 0.118 e. The van der Waals surface area contributed by atoms with Gasteiger partial charge < -0.3 is 24.7 Å². The monoisotopic (exact) mass is 374 g/mol. The van der Waals surface area contributed by atoms with Crippen molar-refractivity contribution in [2.75, 3.05) is 79.5 Å². The number of aryl methyl sites for hydroxylation is 2. The summed E-state index contributed by atoms with van der Waals surface area (Å²) in [4.78, 5) is 9.94. The number of likely N-dealkylation sites (N-methyl/N-ethyl adjacent to an activating group) is 2. The van der Waals surface area contributed by atoms with Crippen molar-refractivity contribution >= 4 is 0 Å². The summed E-state index contributed by atoms with van der Waals surface area (Å²) in [5.41, 5.74) is 2.50. The second-order valence-corrected chi connectivity index (χ2v) is 8.46. The van der Waals surface area contributed by atoms with Crippen LogP contribution in [-0.2, 0) is 12.8 Å². The molecule has 0 aliphatic carbocycles. The van der Waals surface area contributed by atoms with Crippen LogP contribution >= 0.6 is 0 Å². The summed E-state index contributed by atoms with van der Waals surface area (Å²) in [5, 5.41) is 10.2. The van der Waals surface area contributed by atoms with Gasteiger partial charge in [-0.3, -0.25) is 0 Å². The van der Waals surface area contributed by atoms with Crippen LogP contribution in [0, 0.1) is 0 Å². The van der Waals surface area contributed by atoms with Crippen LogP contribution in [0.2, 0.25) is 0 Å². The predicted molar refractivity (Wildman–Crippen MR) is 113 cm³/mol. The molecular formula is C22H38N4O. The Bertz CT molecular complexity index is 563. The molecule has 0 bridgehead atoms. The Morgan fingerprint density at radius 2 is 1.26 bits per heavy atom. The topological polar surface area (TPSA) is 33.2 Å². The Balaban J connectivity index is 1.39. The summed E-state index contributed by atoms with van der Waals surface area (Å²) in [6.07, 6.45) is 4.42. The van der Waals surface area contributed by atoms with E-state index in [1.165, 1.54) is 70.9 Å². The largest absolute Gasteiger partial charge is 0.508 e. The average molecular weight is 375 g/mol. The minimum absolute atomic E-state index is 0.469. The first-order valence-electron chi connectivity index (χ1n) is 10.7. The molecule has 1 aromatic rings. The van der Waals surface area contributed by atoms with Gasteiger partial charge in [-0.2, -0.15) is 0 Å². The third-order valence-corrected chi connectivity index (χ3v) is 6.20. The Hall–Kier alpha value is -1.14. The maximum absolute atomic E-state index is 10.2. The highest BCUT2D eigenvalue weighted by atomic mass is 16.3. The number of benzene rings is 1. The summed E-state index contributed by atoms with van der Waals surface area (Å²) in [5.74, 6) is 0.469. The molecule has 0 aromatic heterocycles. The lowest BCUT2D eigenvalue weighted by Gasteiger charge is -2.32. The number of hydrogen-bond donors (Lipinski definition) is 1. The van der Waals surface area contributed by atoms with Crippen LogP contribution in [0.3, 0.4) is 0 Å². The van der Waals surface area contributed by atoms with Gasteiger partial charge >= 0.3 is 0 Å². The lowest BCUT2D eigenvalue weighted by atomic mass is 10.0. The second-order valence-electron chi connectivity index (χ2n) is 8.46. The first-order chi connectivity index (χ1) is 13.1. The summed E-state index contributed by atoms with van der Waals surface area (Å²) in [6.45, 7) is 11.8. The van der Waals surface area contributed by atoms with Crippen molar-refractivity contribution in [2.45, 2.75) is 25.7 Å². The zero-order valence-electron chi connectivity index (χ0n) is 17.4. The fourth-order valence-electron chi connectivity index (χ4n) is 4.14. The molecule has 5 nitrogen and oxygen atoms in total. The van der Waals surface area contributed by atoms with Crippen LogP contribution in [-0.4, -0.2) is 104 Å². The smallest absolute Gasteiger partial charge is 0.118 e. The molecule has 0 unspecified atom stereocenters. The minimum Gasteiger partial charge on any atom is -0.508 e. The number of phenols is 1. The van der Waals surface area contributed by atoms with Gasteiger partial charge in [-0.1, -0.05) is 12.1 Å². The molecule has 0 radical (unpaired) electrons. The van der Waals surface area contributed by atoms with E-state index in [4.69, 9.17) is 0 Å². The highest BCUT2D eigenvalue weighted by Crippen LogP contribution is 2.21. The van der Waals surface area contributed by atoms with E-state index in [1.807, 2.05) is 6.07 Å². The highest BCUT2D eigenvalue weighted by molar-refractivity contribution is 5.36. The first kappa shape index (κ1) is 20.6. The Labute approximate surface area is 165 Å². The van der Waals surface area contributed by atoms with E-state index in [-0.39, 0.29) is 0 Å². The average Bonchev–Trinajstić information content (AvgIpc) is 2.67. The summed E-state index contributed by atoms with van der Waals surface area (Å²) >= 11 is 0. The SMILES string of the molecule is CN1CCN(CCCc2ccc(O)c(CCCN3CCN(C)CC3)c2)CC1. The van der Waals surface area contributed by atoms with Crippen LogP contribution in [0.15, 0.2) is 18.2 Å². The lowest BCUT2D eigenvalue weighted by Crippen LogP contribution is -2.44. The Kier molecular flexibility index (Phi) is 7.94. The molecule has 5 heteroatoms. The molecule has 2 saturated heterocycles. The van der Waals surface area contributed by atoms with Crippen molar-refractivity contribution in [1.82, 2.24) is 19.6 Å². The van der Waals surface area contributed by atoms with Crippen LogP contribution in [0.1, 0.15) is 24.0 Å². The van der Waals surface area contributed by atoms with Crippen molar-refractivity contribution in [2.24, 2.45) is 0 Å². The number of nitrogens with zero attached hydrogens (tertiary/aromatic N) is 4. The molecule has 3 rings (SSSR count). The molecule has 0 spiro atoms. The van der Waals surface area contributed by atoms with Crippen molar-refractivity contribution in [3.8, 4) is 5.75 Å². The van der Waals surface area contributed by atoms with E-state index in [2.05, 4.69) is 45.8 Å².